The summed E-state index contributed by atoms with van der Waals surface area (Å²) in [4.78, 5) is 10.8. The highest BCUT2D eigenvalue weighted by Gasteiger charge is 2.12. The predicted molar refractivity (Wildman–Crippen MR) is 47.5 cm³/mol. The fourth-order valence-corrected chi connectivity index (χ4v) is 1.32. The monoisotopic (exact) mass is 191 g/mol. The maximum absolute atomic E-state index is 10.8. The van der Waals surface area contributed by atoms with Gasteiger partial charge in [-0.25, -0.2) is 8.42 Å². The number of rotatable bonds is 5. The van der Waals surface area contributed by atoms with Crippen LogP contribution in [-0.2, 0) is 14.6 Å². The number of carbonyl (C=O) groups excluding carboxylic acids is 1. The third-order valence-electron chi connectivity index (χ3n) is 1.37. The van der Waals surface area contributed by atoms with Crippen LogP contribution in [0, 0.1) is 0 Å². The van der Waals surface area contributed by atoms with Gasteiger partial charge in [0.05, 0.1) is 11.8 Å². The zero-order chi connectivity index (χ0) is 9.78. The van der Waals surface area contributed by atoms with Gasteiger partial charge in [0, 0.05) is 6.26 Å². The van der Waals surface area contributed by atoms with Gasteiger partial charge < -0.3 is 5.73 Å². The van der Waals surface area contributed by atoms with Crippen LogP contribution in [0.5, 0.6) is 0 Å². The van der Waals surface area contributed by atoms with Crippen molar-refractivity contribution in [2.24, 2.45) is 5.73 Å². The molecule has 0 saturated heterocycles. The summed E-state index contributed by atoms with van der Waals surface area (Å²) in [5.74, 6) is -0.382. The minimum absolute atomic E-state index is 0.0618. The minimum Gasteiger partial charge on any atom is -0.321 e. The zero-order valence-electron chi connectivity index (χ0n) is 6.99. The fraction of sp³-hybridized carbons (Fsp3) is 0.571. The molecule has 0 radical (unpaired) electrons. The molecule has 2 N–H and O–H groups in total. The van der Waals surface area contributed by atoms with Gasteiger partial charge in [0.25, 0.3) is 0 Å². The molecule has 12 heavy (non-hydrogen) atoms. The van der Waals surface area contributed by atoms with E-state index in [9.17, 15) is 13.2 Å². The number of ketones is 1. The Labute approximate surface area is 72.4 Å². The summed E-state index contributed by atoms with van der Waals surface area (Å²) < 4.78 is 21.3. The summed E-state index contributed by atoms with van der Waals surface area (Å²) in [5, 5.41) is 0. The highest BCUT2D eigenvalue weighted by atomic mass is 32.2. The fourth-order valence-electron chi connectivity index (χ4n) is 0.635. The van der Waals surface area contributed by atoms with Crippen LogP contribution in [0.25, 0.3) is 0 Å². The van der Waals surface area contributed by atoms with Crippen molar-refractivity contribution < 1.29 is 13.2 Å². The van der Waals surface area contributed by atoms with Crippen LogP contribution in [0.3, 0.4) is 0 Å². The molecule has 0 aliphatic rings. The van der Waals surface area contributed by atoms with Gasteiger partial charge in [-0.05, 0) is 12.5 Å². The molecule has 0 aromatic rings. The second-order valence-electron chi connectivity index (χ2n) is 2.63. The summed E-state index contributed by atoms with van der Waals surface area (Å²) in [6.45, 7) is 3.25. The number of hydrogen-bond acceptors (Lipinski definition) is 4. The maximum atomic E-state index is 10.8. The van der Waals surface area contributed by atoms with Crippen LogP contribution in [0.1, 0.15) is 6.42 Å². The number of sulfone groups is 1. The Kier molecular flexibility index (Phi) is 4.12. The smallest absolute Gasteiger partial charge is 0.171 e. The van der Waals surface area contributed by atoms with Gasteiger partial charge in [0.1, 0.15) is 9.84 Å². The first-order valence-electron chi connectivity index (χ1n) is 3.46. The number of carbonyl (C=O) groups is 1. The van der Waals surface area contributed by atoms with Gasteiger partial charge in [-0.2, -0.15) is 0 Å². The number of hydrogen-bond donors (Lipinski definition) is 1. The van der Waals surface area contributed by atoms with E-state index in [1.54, 1.807) is 0 Å². The molecule has 0 fully saturated rings. The van der Waals surface area contributed by atoms with Gasteiger partial charge in [0.2, 0.25) is 0 Å². The van der Waals surface area contributed by atoms with E-state index in [1.165, 1.54) is 0 Å². The molecule has 0 aromatic heterocycles. The van der Waals surface area contributed by atoms with Crippen molar-refractivity contribution in [1.82, 2.24) is 0 Å². The van der Waals surface area contributed by atoms with Crippen molar-refractivity contribution in [3.8, 4) is 0 Å². The van der Waals surface area contributed by atoms with Gasteiger partial charge in [-0.15, -0.1) is 0 Å². The summed E-state index contributed by atoms with van der Waals surface area (Å²) in [6, 6.07) is -0.739. The van der Waals surface area contributed by atoms with Crippen LogP contribution in [0.2, 0.25) is 0 Å². The molecule has 0 aliphatic carbocycles. The van der Waals surface area contributed by atoms with Crippen molar-refractivity contribution in [2.75, 3.05) is 12.0 Å². The van der Waals surface area contributed by atoms with Crippen molar-refractivity contribution >= 4 is 15.6 Å². The van der Waals surface area contributed by atoms with E-state index in [0.29, 0.717) is 0 Å². The molecule has 0 spiro atoms. The quantitative estimate of drug-likeness (QED) is 0.594. The second-order valence-corrected chi connectivity index (χ2v) is 4.89. The molecule has 70 valence electrons. The lowest BCUT2D eigenvalue weighted by atomic mass is 10.1. The third-order valence-corrected chi connectivity index (χ3v) is 2.34. The highest BCUT2D eigenvalue weighted by Crippen LogP contribution is 1.95. The van der Waals surface area contributed by atoms with Gasteiger partial charge in [-0.3, -0.25) is 4.79 Å². The van der Waals surface area contributed by atoms with E-state index in [-0.39, 0.29) is 18.0 Å². The first kappa shape index (κ1) is 11.3. The van der Waals surface area contributed by atoms with E-state index in [0.717, 1.165) is 12.3 Å². The number of nitrogens with two attached hydrogens (primary N) is 1. The Balaban J connectivity index is 3.96. The molecule has 1 unspecified atom stereocenters. The Hall–Kier alpha value is -0.680. The Bertz CT molecular complexity index is 268. The minimum atomic E-state index is -3.03. The van der Waals surface area contributed by atoms with Crippen LogP contribution in [0.15, 0.2) is 12.7 Å². The molecular weight excluding hydrogens is 178 g/mol. The van der Waals surface area contributed by atoms with Crippen molar-refractivity contribution in [2.45, 2.75) is 12.5 Å². The Morgan fingerprint density at radius 2 is 2.17 bits per heavy atom. The summed E-state index contributed by atoms with van der Waals surface area (Å²) in [7, 11) is -3.03. The predicted octanol–water partition coefficient (Wildman–Crippen LogP) is -0.496. The molecule has 0 aliphatic heterocycles. The third kappa shape index (κ3) is 5.03. The molecule has 0 rings (SSSR count). The lowest BCUT2D eigenvalue weighted by molar-refractivity contribution is -0.115. The second kappa shape index (κ2) is 4.37. The van der Waals surface area contributed by atoms with E-state index < -0.39 is 15.9 Å². The molecule has 0 saturated carbocycles. The van der Waals surface area contributed by atoms with Crippen LogP contribution >= 0.6 is 0 Å². The standard InChI is InChI=1S/C7H13NO3S/c1-3-7(9)6(8)4-5-12(2,10)11/h3,6H,1,4-5,8H2,2H3. The molecule has 4 nitrogen and oxygen atoms in total. The largest absolute Gasteiger partial charge is 0.321 e. The molecule has 0 heterocycles. The highest BCUT2D eigenvalue weighted by molar-refractivity contribution is 7.90. The Morgan fingerprint density at radius 1 is 1.67 bits per heavy atom. The van der Waals surface area contributed by atoms with E-state index in [1.807, 2.05) is 0 Å². The summed E-state index contributed by atoms with van der Waals surface area (Å²) in [5.41, 5.74) is 5.35. The first-order chi connectivity index (χ1) is 5.37. The van der Waals surface area contributed by atoms with Crippen molar-refractivity contribution in [1.29, 1.82) is 0 Å². The normalized spacial score (nSPS) is 13.8. The lowest BCUT2D eigenvalue weighted by Crippen LogP contribution is -2.31. The van der Waals surface area contributed by atoms with Crippen LogP contribution in [-0.4, -0.2) is 32.3 Å². The van der Waals surface area contributed by atoms with E-state index >= 15 is 0 Å². The van der Waals surface area contributed by atoms with Crippen molar-refractivity contribution in [3.63, 3.8) is 0 Å². The maximum Gasteiger partial charge on any atom is 0.171 e. The zero-order valence-corrected chi connectivity index (χ0v) is 7.80. The molecule has 0 aromatic carbocycles. The van der Waals surface area contributed by atoms with Gasteiger partial charge >= 0.3 is 0 Å². The summed E-state index contributed by atoms with van der Waals surface area (Å²) >= 11 is 0. The summed E-state index contributed by atoms with van der Waals surface area (Å²) in [6.07, 6.45) is 2.37. The van der Waals surface area contributed by atoms with Crippen LogP contribution < -0.4 is 5.73 Å². The molecule has 5 heteroatoms. The van der Waals surface area contributed by atoms with Gasteiger partial charge in [0.15, 0.2) is 5.78 Å². The van der Waals surface area contributed by atoms with Gasteiger partial charge in [-0.1, -0.05) is 6.58 Å². The Morgan fingerprint density at radius 3 is 2.50 bits per heavy atom. The van der Waals surface area contributed by atoms with E-state index in [4.69, 9.17) is 5.73 Å². The van der Waals surface area contributed by atoms with Crippen molar-refractivity contribution in [3.05, 3.63) is 12.7 Å². The molecule has 1 atom stereocenters. The SMILES string of the molecule is C=CC(=O)C(N)CCS(C)(=O)=O. The topological polar surface area (TPSA) is 77.2 Å². The van der Waals surface area contributed by atoms with Crippen LogP contribution in [0.4, 0.5) is 0 Å². The molecular formula is C7H13NO3S. The van der Waals surface area contributed by atoms with E-state index in [2.05, 4.69) is 6.58 Å². The first-order valence-corrected chi connectivity index (χ1v) is 5.52. The lowest BCUT2D eigenvalue weighted by Gasteiger charge is -2.05. The molecule has 0 bridgehead atoms. The average molecular weight is 191 g/mol. The molecule has 0 amide bonds. The average Bonchev–Trinajstić information content (AvgIpc) is 1.97.